The third-order valence-corrected chi connectivity index (χ3v) is 5.39. The van der Waals surface area contributed by atoms with Crippen LogP contribution in [0.2, 0.25) is 0 Å². The Labute approximate surface area is 161 Å². The van der Waals surface area contributed by atoms with Gasteiger partial charge in [-0.3, -0.25) is 0 Å². The second-order valence-corrected chi connectivity index (χ2v) is 9.28. The monoisotopic (exact) mass is 360 g/mol. The standard InChI is InChI=1S/C24H28N2O/c1-23(2,3)22-25-18-12-11-16(13-20(18)27-22)15-24(4,5)21-14-17-9-7-8-10-19(17)26(21)6/h7-14H,15H2,1-6H3. The summed E-state index contributed by atoms with van der Waals surface area (Å²) in [6.07, 6.45) is 0.943. The molecule has 140 valence electrons. The van der Waals surface area contributed by atoms with Gasteiger partial charge in [0.15, 0.2) is 5.58 Å². The maximum Gasteiger partial charge on any atom is 0.200 e. The van der Waals surface area contributed by atoms with E-state index < -0.39 is 0 Å². The van der Waals surface area contributed by atoms with Crippen molar-refractivity contribution in [3.05, 3.63) is 65.7 Å². The highest BCUT2D eigenvalue weighted by Gasteiger charge is 2.26. The molecule has 0 amide bonds. The van der Waals surface area contributed by atoms with Crippen LogP contribution in [0.3, 0.4) is 0 Å². The summed E-state index contributed by atoms with van der Waals surface area (Å²) < 4.78 is 8.37. The first-order valence-electron chi connectivity index (χ1n) is 9.60. The molecule has 0 aliphatic carbocycles. The summed E-state index contributed by atoms with van der Waals surface area (Å²) in [5.74, 6) is 0.794. The fourth-order valence-electron chi connectivity index (χ4n) is 3.94. The second kappa shape index (κ2) is 5.98. The Balaban J connectivity index is 1.70. The molecule has 0 fully saturated rings. The van der Waals surface area contributed by atoms with Gasteiger partial charge < -0.3 is 8.98 Å². The van der Waals surface area contributed by atoms with Crippen molar-refractivity contribution in [1.82, 2.24) is 9.55 Å². The Morgan fingerprint density at radius 3 is 2.41 bits per heavy atom. The van der Waals surface area contributed by atoms with E-state index in [9.17, 15) is 0 Å². The molecule has 0 aliphatic heterocycles. The zero-order valence-electron chi connectivity index (χ0n) is 17.1. The van der Waals surface area contributed by atoms with Crippen molar-refractivity contribution in [3.63, 3.8) is 0 Å². The lowest BCUT2D eigenvalue weighted by molar-refractivity contribution is 0.410. The molecule has 0 bridgehead atoms. The van der Waals surface area contributed by atoms with Gasteiger partial charge in [-0.05, 0) is 41.6 Å². The summed E-state index contributed by atoms with van der Waals surface area (Å²) in [6.45, 7) is 11.0. The predicted molar refractivity (Wildman–Crippen MR) is 112 cm³/mol. The molecule has 2 aromatic carbocycles. The summed E-state index contributed by atoms with van der Waals surface area (Å²) >= 11 is 0. The topological polar surface area (TPSA) is 31.0 Å². The largest absolute Gasteiger partial charge is 0.440 e. The average molecular weight is 361 g/mol. The Bertz CT molecular complexity index is 1120. The van der Waals surface area contributed by atoms with Gasteiger partial charge in [-0.15, -0.1) is 0 Å². The third kappa shape index (κ3) is 3.16. The summed E-state index contributed by atoms with van der Waals surface area (Å²) in [7, 11) is 2.16. The van der Waals surface area contributed by atoms with Crippen molar-refractivity contribution in [2.24, 2.45) is 7.05 Å². The molecule has 0 unspecified atom stereocenters. The Hall–Kier alpha value is -2.55. The van der Waals surface area contributed by atoms with Crippen molar-refractivity contribution < 1.29 is 4.42 Å². The zero-order chi connectivity index (χ0) is 19.4. The Morgan fingerprint density at radius 1 is 0.963 bits per heavy atom. The number of hydrogen-bond donors (Lipinski definition) is 0. The molecule has 3 heteroatoms. The molecule has 2 heterocycles. The van der Waals surface area contributed by atoms with Crippen molar-refractivity contribution in [1.29, 1.82) is 0 Å². The van der Waals surface area contributed by atoms with Crippen LogP contribution in [0.1, 0.15) is 51.8 Å². The van der Waals surface area contributed by atoms with E-state index in [4.69, 9.17) is 4.42 Å². The molecule has 0 N–H and O–H groups in total. The smallest absolute Gasteiger partial charge is 0.200 e. The fourth-order valence-corrected chi connectivity index (χ4v) is 3.94. The van der Waals surface area contributed by atoms with E-state index in [1.807, 2.05) is 0 Å². The molecule has 0 radical (unpaired) electrons. The maximum atomic E-state index is 6.05. The van der Waals surface area contributed by atoms with Gasteiger partial charge in [0.25, 0.3) is 0 Å². The van der Waals surface area contributed by atoms with Gasteiger partial charge in [0.1, 0.15) is 5.52 Å². The summed E-state index contributed by atoms with van der Waals surface area (Å²) in [5.41, 5.74) is 5.64. The van der Waals surface area contributed by atoms with Crippen LogP contribution in [0.5, 0.6) is 0 Å². The molecule has 0 saturated heterocycles. The maximum absolute atomic E-state index is 6.05. The molecule has 3 nitrogen and oxygen atoms in total. The van der Waals surface area contributed by atoms with E-state index in [1.54, 1.807) is 0 Å². The summed E-state index contributed by atoms with van der Waals surface area (Å²) in [6, 6.07) is 17.3. The highest BCUT2D eigenvalue weighted by atomic mass is 16.3. The number of oxazole rings is 1. The minimum atomic E-state index is -0.0817. The number of nitrogens with zero attached hydrogens (tertiary/aromatic N) is 2. The van der Waals surface area contributed by atoms with Crippen LogP contribution in [-0.2, 0) is 24.3 Å². The molecule has 4 aromatic rings. The first kappa shape index (κ1) is 17.8. The van der Waals surface area contributed by atoms with Crippen LogP contribution >= 0.6 is 0 Å². The van der Waals surface area contributed by atoms with E-state index in [2.05, 4.69) is 99.7 Å². The van der Waals surface area contributed by atoms with E-state index in [0.29, 0.717) is 0 Å². The fraction of sp³-hybridized carbons (Fsp3) is 0.375. The van der Waals surface area contributed by atoms with E-state index in [0.717, 1.165) is 23.4 Å². The second-order valence-electron chi connectivity index (χ2n) is 9.28. The summed E-state index contributed by atoms with van der Waals surface area (Å²) in [4.78, 5) is 4.65. The van der Waals surface area contributed by atoms with Gasteiger partial charge in [0, 0.05) is 29.1 Å². The highest BCUT2D eigenvalue weighted by Crippen LogP contribution is 2.33. The van der Waals surface area contributed by atoms with E-state index in [1.165, 1.54) is 22.2 Å². The molecule has 0 saturated carbocycles. The highest BCUT2D eigenvalue weighted by molar-refractivity contribution is 5.81. The average Bonchev–Trinajstić information content (AvgIpc) is 3.16. The first-order chi connectivity index (χ1) is 12.6. The number of aryl methyl sites for hydroxylation is 1. The number of fused-ring (bicyclic) bond motifs is 2. The van der Waals surface area contributed by atoms with Crippen LogP contribution in [0, 0.1) is 0 Å². The third-order valence-electron chi connectivity index (χ3n) is 5.39. The van der Waals surface area contributed by atoms with Gasteiger partial charge in [-0.1, -0.05) is 58.9 Å². The predicted octanol–water partition coefficient (Wildman–Crippen LogP) is 6.14. The van der Waals surface area contributed by atoms with E-state index in [-0.39, 0.29) is 10.8 Å². The van der Waals surface area contributed by atoms with Crippen LogP contribution in [0.25, 0.3) is 22.0 Å². The van der Waals surface area contributed by atoms with Crippen molar-refractivity contribution in [2.75, 3.05) is 0 Å². The van der Waals surface area contributed by atoms with Gasteiger partial charge in [-0.25, -0.2) is 4.98 Å². The number of rotatable bonds is 3. The lowest BCUT2D eigenvalue weighted by atomic mass is 9.82. The molecule has 0 atom stereocenters. The molecular weight excluding hydrogens is 332 g/mol. The number of benzene rings is 2. The lowest BCUT2D eigenvalue weighted by Gasteiger charge is -2.26. The number of hydrogen-bond acceptors (Lipinski definition) is 2. The lowest BCUT2D eigenvalue weighted by Crippen LogP contribution is -2.23. The van der Waals surface area contributed by atoms with Crippen LogP contribution < -0.4 is 0 Å². The SMILES string of the molecule is Cn1c(C(C)(C)Cc2ccc3nc(C(C)(C)C)oc3c2)cc2ccccc21. The molecule has 0 aliphatic rings. The molecule has 27 heavy (non-hydrogen) atoms. The van der Waals surface area contributed by atoms with Crippen molar-refractivity contribution in [2.45, 2.75) is 51.9 Å². The van der Waals surface area contributed by atoms with Gasteiger partial charge in [0.05, 0.1) is 0 Å². The van der Waals surface area contributed by atoms with Crippen molar-refractivity contribution in [3.8, 4) is 0 Å². The zero-order valence-corrected chi connectivity index (χ0v) is 17.1. The van der Waals surface area contributed by atoms with Crippen molar-refractivity contribution >= 4 is 22.0 Å². The van der Waals surface area contributed by atoms with E-state index >= 15 is 0 Å². The van der Waals surface area contributed by atoms with Gasteiger partial charge >= 0.3 is 0 Å². The minimum absolute atomic E-state index is 0.00826. The molecule has 4 rings (SSSR count). The van der Waals surface area contributed by atoms with Crippen LogP contribution in [0.15, 0.2) is 52.9 Å². The van der Waals surface area contributed by atoms with Gasteiger partial charge in [-0.2, -0.15) is 0 Å². The minimum Gasteiger partial charge on any atom is -0.440 e. The van der Waals surface area contributed by atoms with Crippen LogP contribution in [0.4, 0.5) is 0 Å². The normalized spacial score (nSPS) is 13.0. The van der Waals surface area contributed by atoms with Crippen LogP contribution in [-0.4, -0.2) is 9.55 Å². The summed E-state index contributed by atoms with van der Waals surface area (Å²) in [5, 5.41) is 1.29. The first-order valence-corrected chi connectivity index (χ1v) is 9.60. The Morgan fingerprint density at radius 2 is 1.70 bits per heavy atom. The van der Waals surface area contributed by atoms with Gasteiger partial charge in [0.2, 0.25) is 5.89 Å². The molecule has 2 aromatic heterocycles. The quantitative estimate of drug-likeness (QED) is 0.439. The number of para-hydroxylation sites is 1. The Kier molecular flexibility index (Phi) is 3.95. The number of aromatic nitrogens is 2. The molecule has 0 spiro atoms. The molecular formula is C24H28N2O.